The molecule has 1 aromatic carbocycles. The molecule has 0 saturated carbocycles. The van der Waals surface area contributed by atoms with Crippen LogP contribution < -0.4 is 16.6 Å². The molecule has 0 unspecified atom stereocenters. The zero-order valence-corrected chi connectivity index (χ0v) is 12.3. The number of nitrogen functional groups attached to an aromatic ring is 1. The first-order valence-corrected chi connectivity index (χ1v) is 6.67. The number of nitrogens with two attached hydrogens (primary N) is 1. The van der Waals surface area contributed by atoms with Gasteiger partial charge in [-0.3, -0.25) is 10.6 Å². The Labute approximate surface area is 121 Å². The molecule has 7 heteroatoms. The highest BCUT2D eigenvalue weighted by Crippen LogP contribution is 2.35. The van der Waals surface area contributed by atoms with E-state index in [0.29, 0.717) is 12.8 Å². The highest BCUT2D eigenvalue weighted by atomic mass is 19.4. The van der Waals surface area contributed by atoms with Gasteiger partial charge in [0.15, 0.2) is 0 Å². The first-order valence-electron chi connectivity index (χ1n) is 6.67. The Kier molecular flexibility index (Phi) is 5.22. The molecular weight excluding hydrogens is 283 g/mol. The monoisotopic (exact) mass is 303 g/mol. The van der Waals surface area contributed by atoms with Crippen LogP contribution in [0.2, 0.25) is 0 Å². The van der Waals surface area contributed by atoms with Crippen LogP contribution in [-0.2, 0) is 6.18 Å². The summed E-state index contributed by atoms with van der Waals surface area (Å²) in [5.74, 6) is 4.54. The van der Waals surface area contributed by atoms with Crippen molar-refractivity contribution in [1.29, 1.82) is 0 Å². The lowest BCUT2D eigenvalue weighted by Crippen LogP contribution is -2.45. The van der Waals surface area contributed by atoms with Crippen molar-refractivity contribution in [3.8, 4) is 0 Å². The number of hydrogen-bond donors (Lipinski definition) is 3. The van der Waals surface area contributed by atoms with Crippen LogP contribution in [-0.4, -0.2) is 11.4 Å². The Hall–Kier alpha value is -1.76. The van der Waals surface area contributed by atoms with Crippen molar-refractivity contribution in [3.63, 3.8) is 0 Å². The lowest BCUT2D eigenvalue weighted by atomic mass is 9.95. The molecule has 1 rings (SSSR count). The SMILES string of the molecule is CCC(C)(CC)NC(=O)c1ccc(NN)c(C(F)(F)F)c1. The number of halogens is 3. The van der Waals surface area contributed by atoms with Gasteiger partial charge in [0.05, 0.1) is 11.3 Å². The van der Waals surface area contributed by atoms with E-state index in [-0.39, 0.29) is 11.3 Å². The Bertz CT molecular complexity index is 511. The van der Waals surface area contributed by atoms with Crippen molar-refractivity contribution in [1.82, 2.24) is 5.32 Å². The first-order chi connectivity index (χ1) is 9.66. The molecule has 0 fully saturated rings. The largest absolute Gasteiger partial charge is 0.418 e. The molecular formula is C14H20F3N3O. The predicted molar refractivity (Wildman–Crippen MR) is 75.7 cm³/mol. The number of alkyl halides is 3. The molecule has 0 atom stereocenters. The highest BCUT2D eigenvalue weighted by Gasteiger charge is 2.34. The van der Waals surface area contributed by atoms with Gasteiger partial charge in [-0.15, -0.1) is 0 Å². The third-order valence-electron chi connectivity index (χ3n) is 3.72. The molecule has 0 aromatic heterocycles. The summed E-state index contributed by atoms with van der Waals surface area (Å²) in [4.78, 5) is 12.1. The fourth-order valence-electron chi connectivity index (χ4n) is 1.82. The van der Waals surface area contributed by atoms with Gasteiger partial charge in [-0.25, -0.2) is 0 Å². The summed E-state index contributed by atoms with van der Waals surface area (Å²) < 4.78 is 38.8. The molecule has 0 aliphatic heterocycles. The normalized spacial score (nSPS) is 12.1. The van der Waals surface area contributed by atoms with E-state index in [2.05, 4.69) is 5.32 Å². The van der Waals surface area contributed by atoms with Gasteiger partial charge in [0.25, 0.3) is 5.91 Å². The van der Waals surface area contributed by atoms with Crippen molar-refractivity contribution >= 4 is 11.6 Å². The number of hydrogen-bond acceptors (Lipinski definition) is 3. The van der Waals surface area contributed by atoms with Gasteiger partial charge in [0.2, 0.25) is 0 Å². The number of amides is 1. The van der Waals surface area contributed by atoms with Crippen molar-refractivity contribution < 1.29 is 18.0 Å². The van der Waals surface area contributed by atoms with E-state index in [4.69, 9.17) is 5.84 Å². The molecule has 0 radical (unpaired) electrons. The smallest absolute Gasteiger partial charge is 0.347 e. The van der Waals surface area contributed by atoms with Crippen LogP contribution in [0.25, 0.3) is 0 Å². The van der Waals surface area contributed by atoms with Gasteiger partial charge >= 0.3 is 6.18 Å². The molecule has 1 aromatic rings. The van der Waals surface area contributed by atoms with E-state index in [1.54, 1.807) is 0 Å². The number of hydrazine groups is 1. The van der Waals surface area contributed by atoms with E-state index in [9.17, 15) is 18.0 Å². The lowest BCUT2D eigenvalue weighted by Gasteiger charge is -2.28. The van der Waals surface area contributed by atoms with Crippen molar-refractivity contribution in [2.45, 2.75) is 45.3 Å². The minimum Gasteiger partial charge on any atom is -0.347 e. The maximum atomic E-state index is 12.9. The summed E-state index contributed by atoms with van der Waals surface area (Å²) in [5, 5.41) is 2.77. The fraction of sp³-hybridized carbons (Fsp3) is 0.500. The summed E-state index contributed by atoms with van der Waals surface area (Å²) >= 11 is 0. The van der Waals surface area contributed by atoms with Crippen LogP contribution in [0.4, 0.5) is 18.9 Å². The number of nitrogens with one attached hydrogen (secondary N) is 2. The second-order valence-corrected chi connectivity index (χ2v) is 5.12. The topological polar surface area (TPSA) is 67.2 Å². The van der Waals surface area contributed by atoms with Crippen molar-refractivity contribution in [2.75, 3.05) is 5.43 Å². The highest BCUT2D eigenvalue weighted by molar-refractivity contribution is 5.95. The average Bonchev–Trinajstić information content (AvgIpc) is 2.45. The molecule has 21 heavy (non-hydrogen) atoms. The van der Waals surface area contributed by atoms with Crippen LogP contribution in [0, 0.1) is 0 Å². The van der Waals surface area contributed by atoms with Gasteiger partial charge in [-0.2, -0.15) is 13.2 Å². The standard InChI is InChI=1S/C14H20F3N3O/c1-4-13(3,5-2)19-12(21)9-6-7-11(20-18)10(8-9)14(15,16)17/h6-8,20H,4-5,18H2,1-3H3,(H,19,21). The second-order valence-electron chi connectivity index (χ2n) is 5.12. The number of anilines is 1. The summed E-state index contributed by atoms with van der Waals surface area (Å²) in [5.41, 5.74) is 0.260. The quantitative estimate of drug-likeness (QED) is 0.577. The molecule has 4 N–H and O–H groups in total. The van der Waals surface area contributed by atoms with E-state index in [1.165, 1.54) is 6.07 Å². The van der Waals surface area contributed by atoms with Crippen LogP contribution in [0.5, 0.6) is 0 Å². The molecule has 118 valence electrons. The van der Waals surface area contributed by atoms with Crippen molar-refractivity contribution in [3.05, 3.63) is 29.3 Å². The van der Waals surface area contributed by atoms with E-state index >= 15 is 0 Å². The summed E-state index contributed by atoms with van der Waals surface area (Å²) in [6, 6.07) is 3.26. The van der Waals surface area contributed by atoms with Gasteiger partial charge in [0, 0.05) is 11.1 Å². The van der Waals surface area contributed by atoms with Crippen molar-refractivity contribution in [2.24, 2.45) is 5.84 Å². The first kappa shape index (κ1) is 17.3. The summed E-state index contributed by atoms with van der Waals surface area (Å²) in [6.07, 6.45) is -3.22. The molecule has 0 saturated heterocycles. The molecule has 4 nitrogen and oxygen atoms in total. The zero-order chi connectivity index (χ0) is 16.3. The Morgan fingerprint density at radius 3 is 2.24 bits per heavy atom. The van der Waals surface area contributed by atoms with Gasteiger partial charge < -0.3 is 10.7 Å². The van der Waals surface area contributed by atoms with E-state index < -0.39 is 23.2 Å². The summed E-state index contributed by atoms with van der Waals surface area (Å²) in [7, 11) is 0. The fourth-order valence-corrected chi connectivity index (χ4v) is 1.82. The average molecular weight is 303 g/mol. The number of benzene rings is 1. The predicted octanol–water partition coefficient (Wildman–Crippen LogP) is 3.30. The Morgan fingerprint density at radius 2 is 1.81 bits per heavy atom. The van der Waals surface area contributed by atoms with E-state index in [0.717, 1.165) is 12.1 Å². The van der Waals surface area contributed by atoms with Gasteiger partial charge in [-0.05, 0) is 38.0 Å². The minimum atomic E-state index is -4.59. The summed E-state index contributed by atoms with van der Waals surface area (Å²) in [6.45, 7) is 5.67. The number of carbonyl (C=O) groups is 1. The number of rotatable bonds is 5. The maximum absolute atomic E-state index is 12.9. The van der Waals surface area contributed by atoms with Crippen LogP contribution >= 0.6 is 0 Å². The molecule has 1 amide bonds. The molecule has 0 bridgehead atoms. The Morgan fingerprint density at radius 1 is 1.24 bits per heavy atom. The van der Waals surface area contributed by atoms with Crippen LogP contribution in [0.15, 0.2) is 18.2 Å². The maximum Gasteiger partial charge on any atom is 0.418 e. The minimum absolute atomic E-state index is 0.0468. The lowest BCUT2D eigenvalue weighted by molar-refractivity contribution is -0.137. The van der Waals surface area contributed by atoms with Gasteiger partial charge in [-0.1, -0.05) is 13.8 Å². The van der Waals surface area contributed by atoms with Gasteiger partial charge in [0.1, 0.15) is 0 Å². The van der Waals surface area contributed by atoms with E-state index in [1.807, 2.05) is 26.2 Å². The molecule has 0 heterocycles. The number of carbonyl (C=O) groups excluding carboxylic acids is 1. The van der Waals surface area contributed by atoms with Crippen LogP contribution in [0.1, 0.15) is 49.5 Å². The Balaban J connectivity index is 3.12. The molecule has 0 aliphatic carbocycles. The third-order valence-corrected chi connectivity index (χ3v) is 3.72. The molecule has 0 aliphatic rings. The third kappa shape index (κ3) is 4.10. The van der Waals surface area contributed by atoms with Crippen LogP contribution in [0.3, 0.4) is 0 Å². The molecule has 0 spiro atoms. The zero-order valence-electron chi connectivity index (χ0n) is 12.3. The second kappa shape index (κ2) is 6.34.